The second-order valence-corrected chi connectivity index (χ2v) is 4.84. The molecule has 1 aromatic heterocycles. The van der Waals surface area contributed by atoms with Crippen LogP contribution in [0.3, 0.4) is 0 Å². The van der Waals surface area contributed by atoms with Crippen molar-refractivity contribution in [2.45, 2.75) is 25.9 Å². The molecule has 0 saturated carbocycles. The van der Waals surface area contributed by atoms with Crippen molar-refractivity contribution in [2.75, 3.05) is 13.2 Å². The van der Waals surface area contributed by atoms with E-state index in [4.69, 9.17) is 9.15 Å². The van der Waals surface area contributed by atoms with Crippen molar-refractivity contribution in [2.24, 2.45) is 5.92 Å². The zero-order valence-corrected chi connectivity index (χ0v) is 10.4. The van der Waals surface area contributed by atoms with Crippen LogP contribution in [0.25, 0.3) is 0 Å². The predicted molar refractivity (Wildman–Crippen MR) is 61.6 cm³/mol. The molecule has 0 spiro atoms. The minimum absolute atomic E-state index is 0.476. The highest BCUT2D eigenvalue weighted by molar-refractivity contribution is 9.10. The summed E-state index contributed by atoms with van der Waals surface area (Å²) in [4.78, 5) is 0. The number of ether oxygens (including phenoxy) is 1. The van der Waals surface area contributed by atoms with Crippen LogP contribution in [0.15, 0.2) is 21.2 Å². The van der Waals surface area contributed by atoms with Crippen LogP contribution in [0.1, 0.15) is 19.1 Å². The van der Waals surface area contributed by atoms with Gasteiger partial charge in [-0.05, 0) is 41.3 Å². The molecular weight excluding hydrogens is 258 g/mol. The molecule has 2 heterocycles. The van der Waals surface area contributed by atoms with Gasteiger partial charge in [-0.25, -0.2) is 0 Å². The lowest BCUT2D eigenvalue weighted by atomic mass is 10.0. The summed E-state index contributed by atoms with van der Waals surface area (Å²) < 4.78 is 11.7. The largest absolute Gasteiger partial charge is 0.467 e. The van der Waals surface area contributed by atoms with Gasteiger partial charge in [0.15, 0.2) is 0 Å². The van der Waals surface area contributed by atoms with E-state index in [0.717, 1.165) is 36.4 Å². The third-order valence-corrected chi connectivity index (χ3v) is 3.65. The second kappa shape index (κ2) is 5.14. The molecule has 1 N–H and O–H groups in total. The Morgan fingerprint density at radius 1 is 1.67 bits per heavy atom. The quantitative estimate of drug-likeness (QED) is 0.916. The minimum Gasteiger partial charge on any atom is -0.467 e. The average molecular weight is 274 g/mol. The van der Waals surface area contributed by atoms with Crippen molar-refractivity contribution in [3.05, 3.63) is 22.6 Å². The first kappa shape index (κ1) is 11.2. The number of hydrogen-bond donors (Lipinski definition) is 1. The molecule has 3 nitrogen and oxygen atoms in total. The average Bonchev–Trinajstić information content (AvgIpc) is 2.85. The van der Waals surface area contributed by atoms with Crippen LogP contribution in [-0.4, -0.2) is 19.3 Å². The van der Waals surface area contributed by atoms with Crippen LogP contribution in [0.5, 0.6) is 0 Å². The van der Waals surface area contributed by atoms with Gasteiger partial charge in [0.25, 0.3) is 0 Å². The molecule has 0 bridgehead atoms. The summed E-state index contributed by atoms with van der Waals surface area (Å²) in [6.45, 7) is 4.76. The van der Waals surface area contributed by atoms with Gasteiger partial charge in [0.1, 0.15) is 5.76 Å². The van der Waals surface area contributed by atoms with Gasteiger partial charge in [0, 0.05) is 12.6 Å². The molecule has 0 aromatic carbocycles. The van der Waals surface area contributed by atoms with E-state index in [1.807, 2.05) is 6.07 Å². The molecule has 84 valence electrons. The highest BCUT2D eigenvalue weighted by Crippen LogP contribution is 2.19. The number of hydrogen-bond acceptors (Lipinski definition) is 3. The lowest BCUT2D eigenvalue weighted by molar-refractivity contribution is 0.178. The van der Waals surface area contributed by atoms with E-state index in [1.165, 1.54) is 0 Å². The monoisotopic (exact) mass is 273 g/mol. The van der Waals surface area contributed by atoms with Crippen molar-refractivity contribution in [1.29, 1.82) is 0 Å². The Labute approximate surface area is 98.3 Å². The summed E-state index contributed by atoms with van der Waals surface area (Å²) in [7, 11) is 0. The summed E-state index contributed by atoms with van der Waals surface area (Å²) in [5.74, 6) is 1.60. The van der Waals surface area contributed by atoms with E-state index < -0.39 is 0 Å². The number of rotatable bonds is 4. The normalized spacial score (nSPS) is 23.2. The summed E-state index contributed by atoms with van der Waals surface area (Å²) in [5.41, 5.74) is 0. The summed E-state index contributed by atoms with van der Waals surface area (Å²) in [6, 6.07) is 2.39. The lowest BCUT2D eigenvalue weighted by Gasteiger charge is -2.18. The Morgan fingerprint density at radius 3 is 3.13 bits per heavy atom. The van der Waals surface area contributed by atoms with Crippen molar-refractivity contribution >= 4 is 15.9 Å². The number of halogens is 1. The van der Waals surface area contributed by atoms with E-state index in [-0.39, 0.29) is 0 Å². The Hall–Kier alpha value is -0.320. The predicted octanol–water partition coefficient (Wildman–Crippen LogP) is 2.56. The SMILES string of the molecule is CC(NCc1occc1Br)C1CCOC1. The Morgan fingerprint density at radius 2 is 2.53 bits per heavy atom. The molecule has 1 saturated heterocycles. The first-order valence-electron chi connectivity index (χ1n) is 5.30. The van der Waals surface area contributed by atoms with Crippen LogP contribution < -0.4 is 5.32 Å². The molecule has 2 rings (SSSR count). The molecule has 1 aromatic rings. The summed E-state index contributed by atoms with van der Waals surface area (Å²) >= 11 is 3.44. The van der Waals surface area contributed by atoms with Crippen LogP contribution in [0, 0.1) is 5.92 Å². The molecule has 1 aliphatic rings. The Bertz CT molecular complexity index is 307. The van der Waals surface area contributed by atoms with Crippen molar-refractivity contribution in [1.82, 2.24) is 5.32 Å². The van der Waals surface area contributed by atoms with Crippen LogP contribution in [0.2, 0.25) is 0 Å². The van der Waals surface area contributed by atoms with E-state index in [9.17, 15) is 0 Å². The molecule has 2 atom stereocenters. The Balaban J connectivity index is 1.80. The van der Waals surface area contributed by atoms with Crippen molar-refractivity contribution < 1.29 is 9.15 Å². The van der Waals surface area contributed by atoms with Gasteiger partial charge >= 0.3 is 0 Å². The standard InChI is InChI=1S/C11H16BrNO2/c1-8(9-2-4-14-7-9)13-6-11-10(12)3-5-15-11/h3,5,8-9,13H,2,4,6-7H2,1H3. The van der Waals surface area contributed by atoms with Crippen LogP contribution in [-0.2, 0) is 11.3 Å². The van der Waals surface area contributed by atoms with Crippen molar-refractivity contribution in [3.63, 3.8) is 0 Å². The molecule has 0 aliphatic carbocycles. The van der Waals surface area contributed by atoms with Crippen LogP contribution >= 0.6 is 15.9 Å². The molecule has 1 aliphatic heterocycles. The molecular formula is C11H16BrNO2. The molecule has 15 heavy (non-hydrogen) atoms. The van der Waals surface area contributed by atoms with E-state index in [0.29, 0.717) is 12.0 Å². The van der Waals surface area contributed by atoms with Gasteiger partial charge in [-0.3, -0.25) is 0 Å². The third-order valence-electron chi connectivity index (χ3n) is 2.95. The maximum absolute atomic E-state index is 5.37. The van der Waals surface area contributed by atoms with Gasteiger partial charge in [-0.1, -0.05) is 0 Å². The molecule has 1 fully saturated rings. The maximum Gasteiger partial charge on any atom is 0.131 e. The highest BCUT2D eigenvalue weighted by Gasteiger charge is 2.22. The van der Waals surface area contributed by atoms with E-state index in [2.05, 4.69) is 28.2 Å². The van der Waals surface area contributed by atoms with Crippen LogP contribution in [0.4, 0.5) is 0 Å². The third kappa shape index (κ3) is 2.83. The van der Waals surface area contributed by atoms with E-state index >= 15 is 0 Å². The number of nitrogens with one attached hydrogen (secondary N) is 1. The molecule has 4 heteroatoms. The Kier molecular flexibility index (Phi) is 3.83. The smallest absolute Gasteiger partial charge is 0.131 e. The van der Waals surface area contributed by atoms with Gasteiger partial charge in [-0.2, -0.15) is 0 Å². The fourth-order valence-electron chi connectivity index (χ4n) is 1.82. The van der Waals surface area contributed by atoms with Gasteiger partial charge < -0.3 is 14.5 Å². The zero-order chi connectivity index (χ0) is 10.7. The topological polar surface area (TPSA) is 34.4 Å². The maximum atomic E-state index is 5.37. The molecule has 0 radical (unpaired) electrons. The highest BCUT2D eigenvalue weighted by atomic mass is 79.9. The first-order valence-corrected chi connectivity index (χ1v) is 6.09. The molecule has 2 unspecified atom stereocenters. The number of furan rings is 1. The van der Waals surface area contributed by atoms with Crippen molar-refractivity contribution in [3.8, 4) is 0 Å². The minimum atomic E-state index is 0.476. The zero-order valence-electron chi connectivity index (χ0n) is 8.83. The first-order chi connectivity index (χ1) is 7.27. The fourth-order valence-corrected chi connectivity index (χ4v) is 2.16. The lowest BCUT2D eigenvalue weighted by Crippen LogP contribution is -2.33. The van der Waals surface area contributed by atoms with Gasteiger partial charge in [-0.15, -0.1) is 0 Å². The summed E-state index contributed by atoms with van der Waals surface area (Å²) in [6.07, 6.45) is 2.86. The van der Waals surface area contributed by atoms with Gasteiger partial charge in [0.2, 0.25) is 0 Å². The van der Waals surface area contributed by atoms with E-state index in [1.54, 1.807) is 6.26 Å². The summed E-state index contributed by atoms with van der Waals surface area (Å²) in [5, 5.41) is 3.46. The molecule has 0 amide bonds. The fraction of sp³-hybridized carbons (Fsp3) is 0.636. The van der Waals surface area contributed by atoms with Gasteiger partial charge in [0.05, 0.1) is 23.9 Å². The second-order valence-electron chi connectivity index (χ2n) is 3.98.